The predicted octanol–water partition coefficient (Wildman–Crippen LogP) is 1.84. The maximum atomic E-state index is 12.6. The molecule has 0 spiro atoms. The molecule has 7 N–H and O–H groups in total. The van der Waals surface area contributed by atoms with E-state index in [1.54, 1.807) is 20.8 Å². The van der Waals surface area contributed by atoms with E-state index >= 15 is 0 Å². The molecule has 8 aromatic rings. The van der Waals surface area contributed by atoms with Crippen molar-refractivity contribution in [3.63, 3.8) is 0 Å². The predicted molar refractivity (Wildman–Crippen MR) is 342 cm³/mol. The number of halogens is 17. The SMILES string of the molecule is C.CC(C)(C)[O-].COC(=O)CBr.COC(=O)Cn1nc(-c2ccc(Cl)cc2)n(C[C@H](O)C(F)(F)F)c1=O.O=C(Cn1c(-c2ccc(Cl)cc2)n[nH]c1=O)C(F)(F)F.O=C(O)Cn1nc(-c2ccc(Cl)cc2)n(C[C@H](O)C(F)(F)F)c1=O.O=c1[nH]nc(-c2ccc(Cl)cc2)n1C[C@H](O)C(F)(F)F.[K+].[Li+].[OH-]. The van der Waals surface area contributed by atoms with Crippen molar-refractivity contribution in [3.05, 3.63) is 159 Å². The van der Waals surface area contributed by atoms with Gasteiger partial charge < -0.3 is 40.5 Å². The summed E-state index contributed by atoms with van der Waals surface area (Å²) in [6.45, 7) is -0.748. The number of aliphatic carboxylic acids is 1. The number of esters is 2. The third-order valence-corrected chi connectivity index (χ3v) is 13.2. The number of carbonyl (C=O) groups excluding carboxylic acids is 3. The van der Waals surface area contributed by atoms with Crippen molar-refractivity contribution in [1.82, 2.24) is 58.2 Å². The van der Waals surface area contributed by atoms with E-state index < -0.39 is 128 Å². The molecule has 104 heavy (non-hydrogen) atoms. The summed E-state index contributed by atoms with van der Waals surface area (Å²) in [5.74, 6) is -4.88. The molecule has 4 aromatic carbocycles. The summed E-state index contributed by atoms with van der Waals surface area (Å²) in [5, 5.41) is 67.2. The second-order valence-corrected chi connectivity index (χ2v) is 22.9. The van der Waals surface area contributed by atoms with Gasteiger partial charge in [0.05, 0.1) is 40.4 Å². The van der Waals surface area contributed by atoms with Crippen molar-refractivity contribution >= 4 is 86.0 Å². The molecule has 0 aliphatic heterocycles. The van der Waals surface area contributed by atoms with Crippen molar-refractivity contribution in [1.29, 1.82) is 0 Å². The van der Waals surface area contributed by atoms with E-state index in [0.717, 1.165) is 11.7 Å². The van der Waals surface area contributed by atoms with E-state index in [-0.39, 0.29) is 123 Å². The van der Waals surface area contributed by atoms with Crippen molar-refractivity contribution < 1.29 is 183 Å². The summed E-state index contributed by atoms with van der Waals surface area (Å²) in [7, 11) is 2.45. The molecule has 0 saturated carbocycles. The Balaban J connectivity index is 0. The van der Waals surface area contributed by atoms with Crippen LogP contribution in [0.5, 0.6) is 0 Å². The molecule has 4 heterocycles. The van der Waals surface area contributed by atoms with Gasteiger partial charge in [-0.3, -0.25) is 37.4 Å². The zero-order chi connectivity index (χ0) is 76.2. The quantitative estimate of drug-likeness (QED) is 0.0328. The minimum Gasteiger partial charge on any atom is -0.870 e. The van der Waals surface area contributed by atoms with Crippen LogP contribution in [0.3, 0.4) is 0 Å². The van der Waals surface area contributed by atoms with Gasteiger partial charge in [-0.1, -0.05) is 90.5 Å². The van der Waals surface area contributed by atoms with E-state index in [2.05, 4.69) is 50.9 Å². The Morgan fingerprint density at radius 1 is 0.510 bits per heavy atom. The molecule has 0 fully saturated rings. The first-order chi connectivity index (χ1) is 46.1. The molecule has 28 nitrogen and oxygen atoms in total. The monoisotopic (exact) mass is 1660 g/mol. The molecular formula is C57H59BrCl4F12KLiN12O16. The number of carboxylic acid groups (broad SMARTS) is 1. The van der Waals surface area contributed by atoms with Crippen LogP contribution in [0.1, 0.15) is 28.2 Å². The van der Waals surface area contributed by atoms with Crippen LogP contribution in [0.15, 0.2) is 116 Å². The van der Waals surface area contributed by atoms with Crippen molar-refractivity contribution in [2.75, 3.05) is 19.5 Å². The minimum absolute atomic E-state index is 0. The van der Waals surface area contributed by atoms with E-state index in [4.69, 9.17) is 56.6 Å². The Kier molecular flexibility index (Phi) is 42.1. The summed E-state index contributed by atoms with van der Waals surface area (Å²) in [6.07, 6.45) is -27.9. The number of nitrogens with one attached hydrogen (secondary N) is 2. The van der Waals surface area contributed by atoms with Gasteiger partial charge in [0, 0.05) is 42.3 Å². The van der Waals surface area contributed by atoms with Gasteiger partial charge in [0.2, 0.25) is 0 Å². The van der Waals surface area contributed by atoms with E-state index in [1.807, 2.05) is 5.10 Å². The molecule has 0 aliphatic rings. The van der Waals surface area contributed by atoms with Crippen LogP contribution in [0.4, 0.5) is 52.7 Å². The Morgan fingerprint density at radius 3 is 1.04 bits per heavy atom. The van der Waals surface area contributed by atoms with Gasteiger partial charge in [-0.05, 0) is 97.1 Å². The average molecular weight is 1660 g/mol. The molecular weight excluding hydrogens is 1600 g/mol. The number of hydrogen-bond donors (Lipinski definition) is 6. The van der Waals surface area contributed by atoms with Gasteiger partial charge in [-0.25, -0.2) is 38.7 Å². The van der Waals surface area contributed by atoms with Gasteiger partial charge in [-0.15, -0.1) is 15.8 Å². The normalized spacial score (nSPS) is 11.9. The second-order valence-electron chi connectivity index (χ2n) is 20.6. The number of alkyl halides is 13. The van der Waals surface area contributed by atoms with Crippen molar-refractivity contribution in [3.8, 4) is 45.6 Å². The topological polar surface area (TPSA) is 402 Å². The number of rotatable bonds is 17. The fraction of sp³-hybridized carbons (Fsp3) is 0.368. The number of carboxylic acids is 1. The number of aliphatic hydroxyl groups is 3. The molecule has 0 unspecified atom stereocenters. The Bertz CT molecular complexity index is 4250. The van der Waals surface area contributed by atoms with Gasteiger partial charge >= 0.3 is 136 Å². The van der Waals surface area contributed by atoms with Crippen LogP contribution in [-0.4, -0.2) is 176 Å². The maximum Gasteiger partial charge on any atom is 1.00 e. The number of hydrogen-bond acceptors (Lipinski definition) is 19. The number of aliphatic hydroxyl groups excluding tert-OH is 3. The van der Waals surface area contributed by atoms with Gasteiger partial charge in [0.15, 0.2) is 41.6 Å². The number of carbonyl (C=O) groups is 4. The Labute approximate surface area is 661 Å². The first-order valence-electron chi connectivity index (χ1n) is 27.3. The van der Waals surface area contributed by atoms with Crippen molar-refractivity contribution in [2.24, 2.45) is 0 Å². The number of ether oxygens (including phenoxy) is 2. The molecule has 3 atom stereocenters. The number of benzene rings is 4. The molecule has 8 rings (SSSR count). The van der Waals surface area contributed by atoms with E-state index in [0.29, 0.717) is 59.8 Å². The molecule has 47 heteroatoms. The Morgan fingerprint density at radius 2 is 0.779 bits per heavy atom. The number of methoxy groups -OCH3 is 2. The maximum absolute atomic E-state index is 12.6. The number of aromatic nitrogens is 12. The van der Waals surface area contributed by atoms with Crippen LogP contribution >= 0.6 is 62.3 Å². The van der Waals surface area contributed by atoms with Crippen LogP contribution < -0.4 is 98.1 Å². The third kappa shape index (κ3) is 32.7. The molecule has 0 amide bonds. The number of aromatic amines is 2. The molecule has 564 valence electrons. The van der Waals surface area contributed by atoms with Crippen molar-refractivity contribution in [2.45, 2.75) is 116 Å². The first kappa shape index (κ1) is 99.6. The summed E-state index contributed by atoms with van der Waals surface area (Å²) in [6, 6.07) is 23.5. The molecule has 0 bridgehead atoms. The standard InChI is InChI=1S/C14H13ClF3N3O4.C13H11ClF3N3O4.C11H9ClF3N3O2.C11H7ClF3N3O2.C4H9O.C3H5BrO2.CH4.K.Li.H2O/c1-25-11(23)7-21-13(24)20(6-10(22)14(16,17)18)12(19-21)8-2-4-9(15)5-3-8;14-8-3-1-7(2-4-8)11-18-20(6-10(22)23)12(24)19(11)5-9(21)13(15,16)17;2*12-7-3-1-6(2-4-7)9-16-17-10(20)18(9)5-8(19)11(13,14)15;1-4(2,3)5;1-6-3(5)2-4;;;;/h2-5,10,22H,6-7H2,1H3;1-4,9,21H,5-6H2,(H,22,23);1-4,8,19H,5H2,(H,17,20);1-4H,5H2,(H,17,20);1-3H3;2H2,1H3;1H4;;;1H2/q;;;;-1;;;2*+1;/p-1/t10-;9-;8-;;;;;;;/m000......./s1. The van der Waals surface area contributed by atoms with Gasteiger partial charge in [0.1, 0.15) is 18.4 Å². The van der Waals surface area contributed by atoms with Crippen LogP contribution in [0.25, 0.3) is 45.6 Å². The van der Waals surface area contributed by atoms with Crippen LogP contribution in [0, 0.1) is 0 Å². The van der Waals surface area contributed by atoms with Gasteiger partial charge in [-0.2, -0.15) is 62.9 Å². The number of nitrogens with zero attached hydrogens (tertiary/aromatic N) is 10. The summed E-state index contributed by atoms with van der Waals surface area (Å²) < 4.78 is 162. The average Bonchev–Trinajstić information content (AvgIpc) is 1.66. The first-order valence-corrected chi connectivity index (χ1v) is 29.9. The number of Topliss-reactive ketones (excluding diaryl/α,β-unsaturated/α-hetero) is 1. The molecule has 4 aromatic heterocycles. The number of ketones is 1. The second kappa shape index (κ2) is 44.0. The minimum atomic E-state index is -5.01. The number of H-pyrrole nitrogens is 2. The fourth-order valence-electron chi connectivity index (χ4n) is 7.06. The van der Waals surface area contributed by atoms with Crippen LogP contribution in [-0.2, 0) is 67.9 Å². The Hall–Kier alpha value is -6.45. The molecule has 0 saturated heterocycles. The van der Waals surface area contributed by atoms with Crippen LogP contribution in [0.2, 0.25) is 20.1 Å². The van der Waals surface area contributed by atoms with Gasteiger partial charge in [0.25, 0.3) is 5.78 Å². The fourth-order valence-corrected chi connectivity index (χ4v) is 7.80. The molecule has 0 aliphatic carbocycles. The third-order valence-electron chi connectivity index (χ3n) is 11.7. The largest absolute Gasteiger partial charge is 1.00 e. The summed E-state index contributed by atoms with van der Waals surface area (Å²) >= 11 is 25.8. The molecule has 0 radical (unpaired) electrons. The van der Waals surface area contributed by atoms with E-state index in [9.17, 15) is 106 Å². The zero-order valence-electron chi connectivity index (χ0n) is 54.0. The van der Waals surface area contributed by atoms with E-state index in [1.165, 1.54) is 104 Å². The smallest absolute Gasteiger partial charge is 0.870 e. The summed E-state index contributed by atoms with van der Waals surface area (Å²) in [4.78, 5) is 90.3. The summed E-state index contributed by atoms with van der Waals surface area (Å²) in [5.41, 5.74) is -3.24. The zero-order valence-corrected chi connectivity index (χ0v) is 61.8.